The Kier molecular flexibility index (Phi) is 7.30. The van der Waals surface area contributed by atoms with Gasteiger partial charge in [-0.15, -0.1) is 0 Å². The Morgan fingerprint density at radius 1 is 0.927 bits per heavy atom. The first-order chi connectivity index (χ1) is 19.6. The van der Waals surface area contributed by atoms with Crippen molar-refractivity contribution in [1.82, 2.24) is 4.31 Å². The van der Waals surface area contributed by atoms with Crippen LogP contribution in [0, 0.1) is 33.3 Å². The van der Waals surface area contributed by atoms with Crippen molar-refractivity contribution in [1.29, 1.82) is 0 Å². The van der Waals surface area contributed by atoms with E-state index < -0.39 is 10.0 Å². The molecule has 0 aromatic heterocycles. The number of ether oxygens (including phenoxy) is 2. The molecule has 1 heterocycles. The van der Waals surface area contributed by atoms with E-state index in [1.807, 2.05) is 6.07 Å². The second-order valence-corrected chi connectivity index (χ2v) is 14.5. The summed E-state index contributed by atoms with van der Waals surface area (Å²) in [6.07, 6.45) is 7.73. The predicted octanol–water partition coefficient (Wildman–Crippen LogP) is 5.14. The highest BCUT2D eigenvalue weighted by molar-refractivity contribution is 7.89. The highest BCUT2D eigenvalue weighted by Gasteiger charge is 2.53. The van der Waals surface area contributed by atoms with Gasteiger partial charge in [0.15, 0.2) is 11.5 Å². The predicted molar refractivity (Wildman–Crippen MR) is 157 cm³/mol. The Labute approximate surface area is 242 Å². The monoisotopic (exact) mass is 584 g/mol. The molecule has 11 heteroatoms. The standard InChI is InChI=1S/C30H40N4O6S/c1-20(30-17-21-12-22(18-30)14-23(13-21)19-30)31-26-15-24(4-6-27(26)34(35)36)32-8-10-33(11-9-32)41(37,38)25-5-7-28(39-2)29(16-25)40-3/h4-7,15-16,20-23,31H,8-14,17-19H2,1-3H3/t20-,21?,22?,23?,30?/m1/s1. The van der Waals surface area contributed by atoms with Gasteiger partial charge >= 0.3 is 0 Å². The van der Waals surface area contributed by atoms with Gasteiger partial charge < -0.3 is 19.7 Å². The van der Waals surface area contributed by atoms with Gasteiger partial charge in [-0.1, -0.05) is 0 Å². The molecule has 7 rings (SSSR count). The second kappa shape index (κ2) is 10.7. The molecule has 4 aliphatic carbocycles. The largest absolute Gasteiger partial charge is 0.493 e. The van der Waals surface area contributed by atoms with Crippen LogP contribution in [0.2, 0.25) is 0 Å². The molecule has 2 aromatic rings. The smallest absolute Gasteiger partial charge is 0.292 e. The van der Waals surface area contributed by atoms with Crippen molar-refractivity contribution < 1.29 is 22.8 Å². The van der Waals surface area contributed by atoms with Crippen molar-refractivity contribution in [2.45, 2.75) is 56.4 Å². The summed E-state index contributed by atoms with van der Waals surface area (Å²) in [4.78, 5) is 13.9. The number of nitrogens with one attached hydrogen (secondary N) is 1. The third-order valence-electron chi connectivity index (χ3n) is 10.1. The lowest BCUT2D eigenvalue weighted by Crippen LogP contribution is -2.53. The van der Waals surface area contributed by atoms with Gasteiger partial charge in [0, 0.05) is 50.0 Å². The molecule has 222 valence electrons. The van der Waals surface area contributed by atoms with Crippen LogP contribution >= 0.6 is 0 Å². The van der Waals surface area contributed by atoms with Crippen LogP contribution in [0.5, 0.6) is 11.5 Å². The molecular formula is C30H40N4O6S. The Morgan fingerprint density at radius 2 is 1.54 bits per heavy atom. The number of nitro groups is 1. The number of rotatable bonds is 9. The minimum Gasteiger partial charge on any atom is -0.493 e. The number of sulfonamides is 1. The maximum Gasteiger partial charge on any atom is 0.292 e. The Bertz CT molecular complexity index is 1390. The van der Waals surface area contributed by atoms with E-state index in [2.05, 4.69) is 17.1 Å². The van der Waals surface area contributed by atoms with Crippen molar-refractivity contribution in [2.24, 2.45) is 23.2 Å². The van der Waals surface area contributed by atoms with E-state index in [-0.39, 0.29) is 27.0 Å². The first-order valence-electron chi connectivity index (χ1n) is 14.6. The van der Waals surface area contributed by atoms with Crippen molar-refractivity contribution >= 4 is 27.1 Å². The third kappa shape index (κ3) is 5.11. The molecule has 10 nitrogen and oxygen atoms in total. The molecule has 0 spiro atoms. The number of methoxy groups -OCH3 is 2. The molecule has 0 radical (unpaired) electrons. The molecule has 0 amide bonds. The van der Waals surface area contributed by atoms with E-state index in [0.29, 0.717) is 43.4 Å². The van der Waals surface area contributed by atoms with E-state index >= 15 is 0 Å². The second-order valence-electron chi connectivity index (χ2n) is 12.5. The number of nitrogens with zero attached hydrogens (tertiary/aromatic N) is 3. The maximum absolute atomic E-state index is 13.4. The molecule has 5 aliphatic rings. The first kappa shape index (κ1) is 28.1. The summed E-state index contributed by atoms with van der Waals surface area (Å²) in [5.74, 6) is 3.24. The first-order valence-corrected chi connectivity index (χ1v) is 16.1. The maximum atomic E-state index is 13.4. The van der Waals surface area contributed by atoms with Gasteiger partial charge in [-0.3, -0.25) is 10.1 Å². The Morgan fingerprint density at radius 3 is 2.10 bits per heavy atom. The highest BCUT2D eigenvalue weighted by Crippen LogP contribution is 2.61. The molecule has 5 fully saturated rings. The topological polar surface area (TPSA) is 114 Å². The fraction of sp³-hybridized carbons (Fsp3) is 0.600. The number of hydrogen-bond acceptors (Lipinski definition) is 8. The molecule has 4 bridgehead atoms. The van der Waals surface area contributed by atoms with E-state index in [0.717, 1.165) is 23.4 Å². The van der Waals surface area contributed by atoms with E-state index in [9.17, 15) is 18.5 Å². The van der Waals surface area contributed by atoms with Crippen LogP contribution < -0.4 is 19.7 Å². The normalized spacial score (nSPS) is 28.4. The van der Waals surface area contributed by atoms with Crippen molar-refractivity contribution in [2.75, 3.05) is 50.6 Å². The fourth-order valence-electron chi connectivity index (χ4n) is 8.40. The minimum absolute atomic E-state index is 0.0833. The van der Waals surface area contributed by atoms with E-state index in [4.69, 9.17) is 9.47 Å². The summed E-state index contributed by atoms with van der Waals surface area (Å²) in [5, 5.41) is 15.6. The number of anilines is 2. The minimum atomic E-state index is -3.72. The zero-order chi connectivity index (χ0) is 28.9. The average Bonchev–Trinajstić information content (AvgIpc) is 2.96. The lowest BCUT2D eigenvalue weighted by Gasteiger charge is -2.59. The molecule has 0 unspecified atom stereocenters. The number of piperazine rings is 1. The van der Waals surface area contributed by atoms with Gasteiger partial charge in [-0.05, 0) is 92.9 Å². The zero-order valence-electron chi connectivity index (χ0n) is 24.0. The summed E-state index contributed by atoms with van der Waals surface area (Å²) in [7, 11) is -0.736. The van der Waals surface area contributed by atoms with Gasteiger partial charge in [0.1, 0.15) is 5.69 Å². The van der Waals surface area contributed by atoms with Crippen LogP contribution in [0.3, 0.4) is 0 Å². The summed E-state index contributed by atoms with van der Waals surface area (Å²) in [6, 6.07) is 10.00. The molecule has 2 aromatic carbocycles. The summed E-state index contributed by atoms with van der Waals surface area (Å²) >= 11 is 0. The van der Waals surface area contributed by atoms with Gasteiger partial charge in [-0.2, -0.15) is 4.31 Å². The van der Waals surface area contributed by atoms with Crippen molar-refractivity contribution in [3.05, 3.63) is 46.5 Å². The molecule has 4 saturated carbocycles. The lowest BCUT2D eigenvalue weighted by molar-refractivity contribution is -0.384. The van der Waals surface area contributed by atoms with E-state index in [1.165, 1.54) is 69.2 Å². The summed E-state index contributed by atoms with van der Waals surface area (Å²) < 4.78 is 38.8. The molecule has 1 N–H and O–H groups in total. The van der Waals surface area contributed by atoms with Crippen LogP contribution in [0.1, 0.15) is 45.4 Å². The SMILES string of the molecule is COc1ccc(S(=O)(=O)N2CCN(c3ccc([N+](=O)[O-])c(N[C@H](C)C45CC6CC(CC(C6)C4)C5)c3)CC2)cc1OC. The molecule has 1 saturated heterocycles. The number of nitro benzene ring substituents is 1. The van der Waals surface area contributed by atoms with Crippen LogP contribution in [0.4, 0.5) is 17.1 Å². The van der Waals surface area contributed by atoms with Crippen molar-refractivity contribution in [3.63, 3.8) is 0 Å². The highest BCUT2D eigenvalue weighted by atomic mass is 32.2. The fourth-order valence-corrected chi connectivity index (χ4v) is 9.84. The van der Waals surface area contributed by atoms with Crippen LogP contribution in [0.15, 0.2) is 41.3 Å². The number of benzene rings is 2. The molecule has 41 heavy (non-hydrogen) atoms. The van der Waals surface area contributed by atoms with Gasteiger partial charge in [0.2, 0.25) is 10.0 Å². The average molecular weight is 585 g/mol. The van der Waals surface area contributed by atoms with Crippen LogP contribution in [-0.4, -0.2) is 64.1 Å². The molecular weight excluding hydrogens is 544 g/mol. The van der Waals surface area contributed by atoms with Gasteiger partial charge in [0.25, 0.3) is 5.69 Å². The molecule has 1 atom stereocenters. The third-order valence-corrected chi connectivity index (χ3v) is 12.0. The van der Waals surface area contributed by atoms with Crippen molar-refractivity contribution in [3.8, 4) is 11.5 Å². The van der Waals surface area contributed by atoms with Gasteiger partial charge in [-0.25, -0.2) is 8.42 Å². The Hall–Kier alpha value is -3.05. The van der Waals surface area contributed by atoms with E-state index in [1.54, 1.807) is 18.2 Å². The Balaban J connectivity index is 1.17. The van der Waals surface area contributed by atoms with Crippen LogP contribution in [0.25, 0.3) is 0 Å². The lowest BCUT2D eigenvalue weighted by atomic mass is 9.48. The zero-order valence-corrected chi connectivity index (χ0v) is 24.9. The quantitative estimate of drug-likeness (QED) is 0.318. The summed E-state index contributed by atoms with van der Waals surface area (Å²) in [5.41, 5.74) is 1.71. The van der Waals surface area contributed by atoms with Gasteiger partial charge in [0.05, 0.1) is 24.0 Å². The summed E-state index contributed by atoms with van der Waals surface area (Å²) in [6.45, 7) is 3.78. The molecule has 1 aliphatic heterocycles. The number of hydrogen-bond donors (Lipinski definition) is 1. The van der Waals surface area contributed by atoms with Crippen LogP contribution in [-0.2, 0) is 10.0 Å².